The minimum Gasteiger partial charge on any atom is -0.310 e. The summed E-state index contributed by atoms with van der Waals surface area (Å²) in [6, 6.07) is 29.1. The Hall–Kier alpha value is -3.95. The first-order valence-corrected chi connectivity index (χ1v) is 10.6. The number of hydrogen-bond acceptors (Lipinski definition) is 5. The number of hydrogen-bond donors (Lipinski definition) is 1. The van der Waals surface area contributed by atoms with Crippen LogP contribution < -0.4 is 5.32 Å². The number of anilines is 1. The van der Waals surface area contributed by atoms with Crippen LogP contribution in [0.25, 0.3) is 22.4 Å². The van der Waals surface area contributed by atoms with E-state index in [0.29, 0.717) is 16.4 Å². The standard InChI is InChI=1S/C25H18N4OS/c26-16-21-20(18-9-3-1-4-10-18)15-22(19-11-5-2-6-12-19)28-25(21)31-17-24(30)29-23-13-7-8-14-27-23/h1-15H,17H2,(H,27,29,30). The van der Waals surface area contributed by atoms with E-state index in [2.05, 4.69) is 16.4 Å². The lowest BCUT2D eigenvalue weighted by Crippen LogP contribution is -2.15. The molecule has 1 N–H and O–H groups in total. The molecule has 150 valence electrons. The quantitative estimate of drug-likeness (QED) is 0.420. The number of nitriles is 1. The summed E-state index contributed by atoms with van der Waals surface area (Å²) >= 11 is 1.24. The highest BCUT2D eigenvalue weighted by atomic mass is 32.2. The van der Waals surface area contributed by atoms with Gasteiger partial charge in [-0.3, -0.25) is 4.79 Å². The van der Waals surface area contributed by atoms with Crippen LogP contribution in [0, 0.1) is 11.3 Å². The minimum absolute atomic E-state index is 0.116. The Kier molecular flexibility index (Phi) is 6.36. The van der Waals surface area contributed by atoms with Gasteiger partial charge in [0.05, 0.1) is 17.0 Å². The molecule has 0 bridgehead atoms. The smallest absolute Gasteiger partial charge is 0.235 e. The number of nitrogens with zero attached hydrogens (tertiary/aromatic N) is 3. The molecular weight excluding hydrogens is 404 g/mol. The Morgan fingerprint density at radius 2 is 1.61 bits per heavy atom. The molecule has 0 fully saturated rings. The summed E-state index contributed by atoms with van der Waals surface area (Å²) in [7, 11) is 0. The normalized spacial score (nSPS) is 10.3. The van der Waals surface area contributed by atoms with Gasteiger partial charge in [0, 0.05) is 17.3 Å². The molecule has 0 aliphatic carbocycles. The highest BCUT2D eigenvalue weighted by Crippen LogP contribution is 2.34. The maximum Gasteiger partial charge on any atom is 0.235 e. The van der Waals surface area contributed by atoms with E-state index in [1.165, 1.54) is 11.8 Å². The maximum atomic E-state index is 12.4. The lowest BCUT2D eigenvalue weighted by atomic mass is 9.99. The summed E-state index contributed by atoms with van der Waals surface area (Å²) in [6.45, 7) is 0. The third kappa shape index (κ3) is 4.97. The van der Waals surface area contributed by atoms with Gasteiger partial charge in [0.25, 0.3) is 0 Å². The number of nitrogens with one attached hydrogen (secondary N) is 1. The Morgan fingerprint density at radius 3 is 2.26 bits per heavy atom. The fourth-order valence-electron chi connectivity index (χ4n) is 3.09. The molecule has 5 nitrogen and oxygen atoms in total. The monoisotopic (exact) mass is 422 g/mol. The third-order valence-electron chi connectivity index (χ3n) is 4.52. The molecule has 0 saturated carbocycles. The summed E-state index contributed by atoms with van der Waals surface area (Å²) in [6.07, 6.45) is 1.62. The van der Waals surface area contributed by atoms with Gasteiger partial charge in [-0.2, -0.15) is 5.26 Å². The van der Waals surface area contributed by atoms with Gasteiger partial charge in [-0.1, -0.05) is 78.5 Å². The van der Waals surface area contributed by atoms with Crippen molar-refractivity contribution in [3.63, 3.8) is 0 Å². The van der Waals surface area contributed by atoms with Crippen LogP contribution >= 0.6 is 11.8 Å². The van der Waals surface area contributed by atoms with Crippen molar-refractivity contribution in [2.24, 2.45) is 0 Å². The zero-order chi connectivity index (χ0) is 21.5. The zero-order valence-electron chi connectivity index (χ0n) is 16.5. The van der Waals surface area contributed by atoms with E-state index < -0.39 is 0 Å². The SMILES string of the molecule is N#Cc1c(-c2ccccc2)cc(-c2ccccc2)nc1SCC(=O)Nc1ccccn1. The van der Waals surface area contributed by atoms with E-state index in [0.717, 1.165) is 22.4 Å². The fraction of sp³-hybridized carbons (Fsp3) is 0.0400. The minimum atomic E-state index is -0.208. The van der Waals surface area contributed by atoms with Gasteiger partial charge in [-0.25, -0.2) is 9.97 Å². The molecule has 2 heterocycles. The van der Waals surface area contributed by atoms with Gasteiger partial charge in [-0.15, -0.1) is 0 Å². The van der Waals surface area contributed by atoms with Crippen molar-refractivity contribution in [2.75, 3.05) is 11.1 Å². The van der Waals surface area contributed by atoms with E-state index >= 15 is 0 Å². The van der Waals surface area contributed by atoms with Crippen LogP contribution in [0.15, 0.2) is 96.2 Å². The van der Waals surface area contributed by atoms with Crippen LogP contribution in [0.5, 0.6) is 0 Å². The lowest BCUT2D eigenvalue weighted by Gasteiger charge is -2.12. The number of aromatic nitrogens is 2. The average Bonchev–Trinajstić information content (AvgIpc) is 2.84. The first kappa shape index (κ1) is 20.3. The van der Waals surface area contributed by atoms with Gasteiger partial charge in [0.15, 0.2) is 0 Å². The van der Waals surface area contributed by atoms with E-state index in [9.17, 15) is 10.1 Å². The van der Waals surface area contributed by atoms with Crippen molar-refractivity contribution in [3.8, 4) is 28.5 Å². The number of amides is 1. The van der Waals surface area contributed by atoms with E-state index in [-0.39, 0.29) is 11.7 Å². The van der Waals surface area contributed by atoms with E-state index in [1.807, 2.05) is 66.7 Å². The molecule has 2 aromatic carbocycles. The maximum absolute atomic E-state index is 12.4. The summed E-state index contributed by atoms with van der Waals surface area (Å²) in [5, 5.41) is 13.2. The topological polar surface area (TPSA) is 78.7 Å². The molecule has 0 aliphatic rings. The highest BCUT2D eigenvalue weighted by molar-refractivity contribution is 8.00. The highest BCUT2D eigenvalue weighted by Gasteiger charge is 2.17. The van der Waals surface area contributed by atoms with E-state index in [4.69, 9.17) is 4.98 Å². The molecule has 4 aromatic rings. The number of rotatable bonds is 6. The molecule has 6 heteroatoms. The van der Waals surface area contributed by atoms with Crippen molar-refractivity contribution >= 4 is 23.5 Å². The molecule has 1 amide bonds. The van der Waals surface area contributed by atoms with Gasteiger partial charge in [0.2, 0.25) is 5.91 Å². The summed E-state index contributed by atoms with van der Waals surface area (Å²) in [4.78, 5) is 21.2. The molecule has 0 aliphatic heterocycles. The first-order valence-electron chi connectivity index (χ1n) is 9.64. The first-order chi connectivity index (χ1) is 15.2. The number of benzene rings is 2. The van der Waals surface area contributed by atoms with Crippen LogP contribution in [0.4, 0.5) is 5.82 Å². The predicted octanol–water partition coefficient (Wildman–Crippen LogP) is 5.41. The Labute approximate surface area is 184 Å². The van der Waals surface area contributed by atoms with Crippen LogP contribution in [0.1, 0.15) is 5.56 Å². The Morgan fingerprint density at radius 1 is 0.935 bits per heavy atom. The van der Waals surface area contributed by atoms with Gasteiger partial charge in [-0.05, 0) is 23.8 Å². The number of thioether (sulfide) groups is 1. The number of carbonyl (C=O) groups is 1. The van der Waals surface area contributed by atoms with Crippen molar-refractivity contribution in [3.05, 3.63) is 96.7 Å². The van der Waals surface area contributed by atoms with Crippen molar-refractivity contribution < 1.29 is 4.79 Å². The molecular formula is C25H18N4OS. The van der Waals surface area contributed by atoms with Crippen LogP contribution in [-0.4, -0.2) is 21.6 Å². The molecule has 0 radical (unpaired) electrons. The second kappa shape index (κ2) is 9.70. The summed E-state index contributed by atoms with van der Waals surface area (Å²) in [5.41, 5.74) is 3.89. The molecule has 0 spiro atoms. The fourth-order valence-corrected chi connectivity index (χ4v) is 3.89. The van der Waals surface area contributed by atoms with E-state index in [1.54, 1.807) is 24.4 Å². The molecule has 31 heavy (non-hydrogen) atoms. The number of carbonyl (C=O) groups excluding carboxylic acids is 1. The summed E-state index contributed by atoms with van der Waals surface area (Å²) in [5.74, 6) is 0.399. The number of pyridine rings is 2. The van der Waals surface area contributed by atoms with Gasteiger partial charge >= 0.3 is 0 Å². The zero-order valence-corrected chi connectivity index (χ0v) is 17.3. The molecule has 0 atom stereocenters. The Balaban J connectivity index is 1.68. The Bertz CT molecular complexity index is 1220. The van der Waals surface area contributed by atoms with Crippen LogP contribution in [-0.2, 0) is 4.79 Å². The molecule has 0 unspecified atom stereocenters. The van der Waals surface area contributed by atoms with Crippen LogP contribution in [0.3, 0.4) is 0 Å². The second-order valence-corrected chi connectivity index (χ2v) is 7.59. The molecule has 4 rings (SSSR count). The van der Waals surface area contributed by atoms with Gasteiger partial charge in [0.1, 0.15) is 16.9 Å². The molecule has 2 aromatic heterocycles. The van der Waals surface area contributed by atoms with Crippen molar-refractivity contribution in [1.29, 1.82) is 5.26 Å². The third-order valence-corrected chi connectivity index (χ3v) is 5.50. The van der Waals surface area contributed by atoms with Crippen LogP contribution in [0.2, 0.25) is 0 Å². The molecule has 0 saturated heterocycles. The average molecular weight is 423 g/mol. The van der Waals surface area contributed by atoms with Crippen molar-refractivity contribution in [1.82, 2.24) is 9.97 Å². The second-order valence-electron chi connectivity index (χ2n) is 6.63. The predicted molar refractivity (Wildman–Crippen MR) is 123 cm³/mol. The van der Waals surface area contributed by atoms with Gasteiger partial charge < -0.3 is 5.32 Å². The van der Waals surface area contributed by atoms with Crippen molar-refractivity contribution in [2.45, 2.75) is 5.03 Å². The lowest BCUT2D eigenvalue weighted by molar-refractivity contribution is -0.113. The summed E-state index contributed by atoms with van der Waals surface area (Å²) < 4.78 is 0. The largest absolute Gasteiger partial charge is 0.310 e.